The van der Waals surface area contributed by atoms with Crippen LogP contribution < -0.4 is 5.32 Å². The van der Waals surface area contributed by atoms with Crippen molar-refractivity contribution in [1.29, 1.82) is 0 Å². The number of hydrogen-bond donors (Lipinski definition) is 1. The molecule has 0 unspecified atom stereocenters. The van der Waals surface area contributed by atoms with Crippen LogP contribution >= 0.6 is 38.8 Å². The van der Waals surface area contributed by atoms with Gasteiger partial charge in [-0.3, -0.25) is 4.79 Å². The van der Waals surface area contributed by atoms with E-state index in [2.05, 4.69) is 30.8 Å². The number of hydrogen-bond acceptors (Lipinski definition) is 5. The summed E-state index contributed by atoms with van der Waals surface area (Å²) < 4.78 is 4.66. The van der Waals surface area contributed by atoms with Crippen LogP contribution in [0.3, 0.4) is 0 Å². The number of carbonyl (C=O) groups is 1. The molecule has 1 amide bonds. The van der Waals surface area contributed by atoms with E-state index in [0.717, 1.165) is 9.35 Å². The van der Waals surface area contributed by atoms with Gasteiger partial charge >= 0.3 is 0 Å². The van der Waals surface area contributed by atoms with Crippen LogP contribution in [0.2, 0.25) is 0 Å². The molecule has 0 aliphatic heterocycles. The average molecular weight is 304 g/mol. The van der Waals surface area contributed by atoms with Gasteiger partial charge < -0.3 is 5.32 Å². The van der Waals surface area contributed by atoms with Crippen LogP contribution in [0, 0.1) is 0 Å². The van der Waals surface area contributed by atoms with Crippen LogP contribution in [0.15, 0.2) is 21.3 Å². The minimum Gasteiger partial charge on any atom is -0.346 e. The van der Waals surface area contributed by atoms with Gasteiger partial charge in [0.25, 0.3) is 5.91 Å². The van der Waals surface area contributed by atoms with Gasteiger partial charge in [0, 0.05) is 20.1 Å². The largest absolute Gasteiger partial charge is 0.346 e. The SMILES string of the molecule is O=C(NCc1cc(Br)cs1)c1csnn1. The fourth-order valence-corrected chi connectivity index (χ4v) is 2.80. The fourth-order valence-electron chi connectivity index (χ4n) is 0.968. The molecule has 0 aliphatic carbocycles. The maximum absolute atomic E-state index is 11.5. The Morgan fingerprint density at radius 3 is 3.00 bits per heavy atom. The lowest BCUT2D eigenvalue weighted by molar-refractivity contribution is 0.0946. The zero-order valence-electron chi connectivity index (χ0n) is 7.44. The molecule has 78 valence electrons. The molecule has 4 nitrogen and oxygen atoms in total. The Morgan fingerprint density at radius 2 is 2.40 bits per heavy atom. The molecular weight excluding hydrogens is 298 g/mol. The lowest BCUT2D eigenvalue weighted by Crippen LogP contribution is -2.22. The Labute approximate surface area is 103 Å². The first kappa shape index (κ1) is 10.7. The second kappa shape index (κ2) is 4.82. The van der Waals surface area contributed by atoms with Gasteiger partial charge in [0.2, 0.25) is 0 Å². The Balaban J connectivity index is 1.91. The Bertz CT molecular complexity index is 454. The molecule has 0 fully saturated rings. The highest BCUT2D eigenvalue weighted by molar-refractivity contribution is 9.10. The maximum Gasteiger partial charge on any atom is 0.273 e. The first-order valence-electron chi connectivity index (χ1n) is 4.04. The number of nitrogens with one attached hydrogen (secondary N) is 1. The van der Waals surface area contributed by atoms with Crippen molar-refractivity contribution < 1.29 is 4.79 Å². The van der Waals surface area contributed by atoms with Crippen molar-refractivity contribution >= 4 is 44.7 Å². The van der Waals surface area contributed by atoms with Gasteiger partial charge in [0.1, 0.15) is 0 Å². The summed E-state index contributed by atoms with van der Waals surface area (Å²) in [6.45, 7) is 0.520. The number of amides is 1. The molecule has 2 rings (SSSR count). The molecule has 0 saturated carbocycles. The molecule has 0 spiro atoms. The van der Waals surface area contributed by atoms with Crippen LogP contribution in [0.25, 0.3) is 0 Å². The van der Waals surface area contributed by atoms with E-state index in [4.69, 9.17) is 0 Å². The Morgan fingerprint density at radius 1 is 1.53 bits per heavy atom. The molecule has 2 aromatic heterocycles. The summed E-state index contributed by atoms with van der Waals surface area (Å²) >= 11 is 6.12. The fraction of sp³-hybridized carbons (Fsp3) is 0.125. The number of nitrogens with zero attached hydrogens (tertiary/aromatic N) is 2. The van der Waals surface area contributed by atoms with E-state index in [0.29, 0.717) is 12.2 Å². The van der Waals surface area contributed by atoms with Gasteiger partial charge in [-0.2, -0.15) is 0 Å². The van der Waals surface area contributed by atoms with Crippen molar-refractivity contribution in [2.24, 2.45) is 0 Å². The van der Waals surface area contributed by atoms with Crippen molar-refractivity contribution in [2.75, 3.05) is 0 Å². The standard InChI is InChI=1S/C8H6BrN3OS2/c9-5-1-6(14-3-5)2-10-8(13)7-4-15-12-11-7/h1,3-4H,2H2,(H,10,13). The molecule has 2 aromatic rings. The zero-order chi connectivity index (χ0) is 10.7. The summed E-state index contributed by atoms with van der Waals surface area (Å²) in [5.74, 6) is -0.187. The predicted octanol–water partition coefficient (Wildman–Crippen LogP) is 2.29. The molecule has 1 N–H and O–H groups in total. The van der Waals surface area contributed by atoms with Gasteiger partial charge in [0.15, 0.2) is 5.69 Å². The Kier molecular flexibility index (Phi) is 3.45. The van der Waals surface area contributed by atoms with E-state index in [-0.39, 0.29) is 5.91 Å². The highest BCUT2D eigenvalue weighted by atomic mass is 79.9. The van der Waals surface area contributed by atoms with Crippen LogP contribution in [-0.2, 0) is 6.54 Å². The van der Waals surface area contributed by atoms with E-state index in [1.54, 1.807) is 16.7 Å². The minimum atomic E-state index is -0.187. The second-order valence-electron chi connectivity index (χ2n) is 2.70. The third kappa shape index (κ3) is 2.83. The highest BCUT2D eigenvalue weighted by Gasteiger charge is 2.08. The van der Waals surface area contributed by atoms with E-state index < -0.39 is 0 Å². The second-order valence-corrected chi connectivity index (χ2v) is 5.23. The topological polar surface area (TPSA) is 54.9 Å². The maximum atomic E-state index is 11.5. The summed E-state index contributed by atoms with van der Waals surface area (Å²) in [7, 11) is 0. The predicted molar refractivity (Wildman–Crippen MR) is 63.1 cm³/mol. The van der Waals surface area contributed by atoms with E-state index in [1.165, 1.54) is 11.5 Å². The number of halogens is 1. The van der Waals surface area contributed by atoms with Crippen LogP contribution in [-0.4, -0.2) is 15.5 Å². The summed E-state index contributed by atoms with van der Waals surface area (Å²) in [5, 5.41) is 10.1. The quantitative estimate of drug-likeness (QED) is 0.946. The molecule has 0 aromatic carbocycles. The van der Waals surface area contributed by atoms with E-state index in [9.17, 15) is 4.79 Å². The third-order valence-corrected chi connectivity index (χ3v) is 3.84. The highest BCUT2D eigenvalue weighted by Crippen LogP contribution is 2.19. The third-order valence-electron chi connectivity index (χ3n) is 1.64. The molecule has 2 heterocycles. The number of carbonyl (C=O) groups excluding carboxylic acids is 1. The first-order valence-corrected chi connectivity index (χ1v) is 6.55. The number of rotatable bonds is 3. The van der Waals surface area contributed by atoms with Crippen LogP contribution in [0.4, 0.5) is 0 Å². The van der Waals surface area contributed by atoms with Gasteiger partial charge in [-0.1, -0.05) is 4.49 Å². The molecular formula is C8H6BrN3OS2. The summed E-state index contributed by atoms with van der Waals surface area (Å²) in [5.41, 5.74) is 0.371. The van der Waals surface area contributed by atoms with E-state index >= 15 is 0 Å². The smallest absolute Gasteiger partial charge is 0.273 e. The van der Waals surface area contributed by atoms with Crippen molar-refractivity contribution in [3.05, 3.63) is 31.9 Å². The number of aromatic nitrogens is 2. The van der Waals surface area contributed by atoms with Gasteiger partial charge in [0.05, 0.1) is 6.54 Å². The van der Waals surface area contributed by atoms with Crippen LogP contribution in [0.1, 0.15) is 15.4 Å². The van der Waals surface area contributed by atoms with Crippen molar-refractivity contribution in [3.63, 3.8) is 0 Å². The van der Waals surface area contributed by atoms with Crippen molar-refractivity contribution in [2.45, 2.75) is 6.54 Å². The molecule has 0 aliphatic rings. The minimum absolute atomic E-state index is 0.187. The lowest BCUT2D eigenvalue weighted by Gasteiger charge is -1.99. The zero-order valence-corrected chi connectivity index (χ0v) is 10.7. The first-order chi connectivity index (χ1) is 7.25. The molecule has 0 bridgehead atoms. The van der Waals surface area contributed by atoms with Gasteiger partial charge in [-0.15, -0.1) is 16.4 Å². The van der Waals surface area contributed by atoms with Crippen LogP contribution in [0.5, 0.6) is 0 Å². The molecule has 0 saturated heterocycles. The van der Waals surface area contributed by atoms with Gasteiger partial charge in [-0.05, 0) is 33.5 Å². The molecule has 15 heavy (non-hydrogen) atoms. The summed E-state index contributed by atoms with van der Waals surface area (Å²) in [4.78, 5) is 12.6. The molecule has 7 heteroatoms. The normalized spacial score (nSPS) is 10.2. The van der Waals surface area contributed by atoms with Crippen molar-refractivity contribution in [3.8, 4) is 0 Å². The average Bonchev–Trinajstić information content (AvgIpc) is 2.84. The van der Waals surface area contributed by atoms with Crippen molar-refractivity contribution in [1.82, 2.24) is 14.9 Å². The summed E-state index contributed by atoms with van der Waals surface area (Å²) in [6, 6.07) is 1.98. The van der Waals surface area contributed by atoms with Gasteiger partial charge in [-0.25, -0.2) is 0 Å². The summed E-state index contributed by atoms with van der Waals surface area (Å²) in [6.07, 6.45) is 0. The molecule has 0 radical (unpaired) electrons. The monoisotopic (exact) mass is 303 g/mol. The molecule has 0 atom stereocenters. The lowest BCUT2D eigenvalue weighted by atomic mass is 10.4. The number of thiophene rings is 1. The van der Waals surface area contributed by atoms with E-state index in [1.807, 2.05) is 11.4 Å². The Hall–Kier alpha value is -0.790.